The highest BCUT2D eigenvalue weighted by atomic mass is 79.9. The topological polar surface area (TPSA) is 125 Å². The van der Waals surface area contributed by atoms with Gasteiger partial charge in [0.15, 0.2) is 0 Å². The number of likely N-dealkylation sites (tertiary alicyclic amines) is 1. The number of hydrogen-bond donors (Lipinski definition) is 2. The van der Waals surface area contributed by atoms with Crippen molar-refractivity contribution in [1.29, 1.82) is 0 Å². The Kier molecular flexibility index (Phi) is 11.6. The highest BCUT2D eigenvalue weighted by Crippen LogP contribution is 2.61. The Hall–Kier alpha value is -4.29. The zero-order valence-electron chi connectivity index (χ0n) is 28.5. The Balaban J connectivity index is 1.40. The van der Waals surface area contributed by atoms with Crippen molar-refractivity contribution in [3.05, 3.63) is 126 Å². The van der Waals surface area contributed by atoms with Crippen LogP contribution in [0.5, 0.6) is 0 Å². The average Bonchev–Trinajstić information content (AvgIpc) is 3.76. The molecule has 2 N–H and O–H groups in total. The fourth-order valence-corrected chi connectivity index (χ4v) is 9.06. The first-order valence-corrected chi connectivity index (χ1v) is 18.6. The van der Waals surface area contributed by atoms with Crippen LogP contribution < -0.4 is 10.2 Å². The van der Waals surface area contributed by atoms with Gasteiger partial charge in [-0.3, -0.25) is 19.2 Å². The lowest BCUT2D eigenvalue weighted by molar-refractivity contribution is -0.160. The molecule has 0 radical (unpaired) electrons. The van der Waals surface area contributed by atoms with E-state index in [2.05, 4.69) is 34.4 Å². The van der Waals surface area contributed by atoms with Gasteiger partial charge in [0.05, 0.1) is 47.8 Å². The number of ether oxygens (including phenoxy) is 2. The van der Waals surface area contributed by atoms with Crippen LogP contribution in [0.3, 0.4) is 0 Å². The number of carbonyl (C=O) groups is 4. The number of nitrogens with one attached hydrogen (secondary N) is 1. The number of alkyl halides is 1. The van der Waals surface area contributed by atoms with E-state index >= 15 is 4.79 Å². The highest BCUT2D eigenvalue weighted by molar-refractivity contribution is 9.09. The third kappa shape index (κ3) is 6.94. The average molecular weight is 791 g/mol. The Bertz CT molecular complexity index is 1810. The van der Waals surface area contributed by atoms with E-state index in [9.17, 15) is 19.5 Å². The summed E-state index contributed by atoms with van der Waals surface area (Å²) in [4.78, 5) is 59.5. The number of halogens is 2. The molecule has 3 saturated heterocycles. The number of hydrogen-bond acceptors (Lipinski definition) is 7. The molecule has 1 spiro atoms. The number of para-hydroxylation sites is 1. The van der Waals surface area contributed by atoms with Gasteiger partial charge in [-0.2, -0.15) is 0 Å². The first-order valence-electron chi connectivity index (χ1n) is 17.3. The molecule has 0 saturated carbocycles. The first kappa shape index (κ1) is 37.5. The maximum absolute atomic E-state index is 15.1. The maximum Gasteiger partial charge on any atom is 0.313 e. The normalized spacial score (nSPS) is 25.6. The van der Waals surface area contributed by atoms with Crippen molar-refractivity contribution in [3.63, 3.8) is 0 Å². The van der Waals surface area contributed by atoms with E-state index < -0.39 is 70.9 Å². The van der Waals surface area contributed by atoms with Crippen LogP contribution in [-0.4, -0.2) is 76.0 Å². The predicted molar refractivity (Wildman–Crippen MR) is 201 cm³/mol. The number of anilines is 1. The van der Waals surface area contributed by atoms with E-state index in [1.165, 1.54) is 9.80 Å². The minimum atomic E-state index is -1.46. The molecule has 10 nitrogen and oxygen atoms in total. The third-order valence-corrected chi connectivity index (χ3v) is 11.3. The van der Waals surface area contributed by atoms with Gasteiger partial charge >= 0.3 is 5.97 Å². The van der Waals surface area contributed by atoms with Gasteiger partial charge in [-0.25, -0.2) is 0 Å². The molecule has 272 valence electrons. The third-order valence-electron chi connectivity index (χ3n) is 10.1. The summed E-state index contributed by atoms with van der Waals surface area (Å²) in [6.45, 7) is 7.11. The molecule has 3 amide bonds. The summed E-state index contributed by atoms with van der Waals surface area (Å²) >= 11 is 10.3. The van der Waals surface area contributed by atoms with Gasteiger partial charge in [-0.1, -0.05) is 112 Å². The maximum atomic E-state index is 15.1. The van der Waals surface area contributed by atoms with E-state index in [0.29, 0.717) is 28.3 Å². The molecule has 6 rings (SSSR count). The second-order valence-corrected chi connectivity index (χ2v) is 14.8. The number of esters is 1. The molecule has 0 aromatic heterocycles. The quantitative estimate of drug-likeness (QED) is 0.115. The van der Waals surface area contributed by atoms with E-state index in [1.54, 1.807) is 84.9 Å². The fraction of sp³-hybridized carbons (Fsp3) is 0.350. The minimum absolute atomic E-state index is 0.00759. The molecule has 2 bridgehead atoms. The number of benzene rings is 3. The molecular weight excluding hydrogens is 750 g/mol. The van der Waals surface area contributed by atoms with Crippen LogP contribution in [0.15, 0.2) is 110 Å². The number of aliphatic hydroxyl groups is 1. The molecule has 8 atom stereocenters. The number of nitrogens with zero attached hydrogens (tertiary/aromatic N) is 2. The van der Waals surface area contributed by atoms with E-state index in [4.69, 9.17) is 21.1 Å². The van der Waals surface area contributed by atoms with Gasteiger partial charge in [0.2, 0.25) is 11.8 Å². The Morgan fingerprint density at radius 3 is 2.33 bits per heavy atom. The zero-order chi connectivity index (χ0) is 37.0. The van der Waals surface area contributed by atoms with Gasteiger partial charge in [0.1, 0.15) is 17.7 Å². The fourth-order valence-electron chi connectivity index (χ4n) is 7.88. The van der Waals surface area contributed by atoms with Crippen LogP contribution in [0.2, 0.25) is 5.02 Å². The molecule has 0 aliphatic carbocycles. The number of carbonyl (C=O) groups excluding carboxylic acids is 4. The number of aliphatic hydroxyl groups excluding tert-OH is 1. The van der Waals surface area contributed by atoms with Gasteiger partial charge in [0.25, 0.3) is 5.91 Å². The molecule has 3 aliphatic heterocycles. The summed E-state index contributed by atoms with van der Waals surface area (Å²) in [5.74, 6) is -4.11. The minimum Gasteiger partial charge on any atom is -0.455 e. The lowest BCUT2D eigenvalue weighted by Crippen LogP contribution is -2.57. The summed E-state index contributed by atoms with van der Waals surface area (Å²) in [6, 6.07) is 22.7. The highest BCUT2D eigenvalue weighted by Gasteiger charge is 2.77. The van der Waals surface area contributed by atoms with Crippen molar-refractivity contribution < 1.29 is 33.8 Å². The predicted octanol–water partition coefficient (Wildman–Crippen LogP) is 5.71. The SMILES string of the molecule is C=CCCC(=O)NC[C@@H](OC(=O)[C@@H]1[C@H]2O[C@@]3(CC2Br)[C@H](C(=O)N(CC=C)c2ccccc2Cl)N([C@H](CO)c2ccccc2)C(=O)[C@@H]13)c1ccccc1. The summed E-state index contributed by atoms with van der Waals surface area (Å²) in [5.41, 5.74) is 0.230. The Morgan fingerprint density at radius 1 is 1.04 bits per heavy atom. The van der Waals surface area contributed by atoms with Crippen molar-refractivity contribution in [3.8, 4) is 0 Å². The number of fused-ring (bicyclic) bond motifs is 1. The summed E-state index contributed by atoms with van der Waals surface area (Å²) in [6.07, 6.45) is 2.53. The first-order chi connectivity index (χ1) is 25.2. The summed E-state index contributed by atoms with van der Waals surface area (Å²) in [7, 11) is 0. The van der Waals surface area contributed by atoms with E-state index in [1.807, 2.05) is 12.1 Å². The number of amides is 3. The smallest absolute Gasteiger partial charge is 0.313 e. The van der Waals surface area contributed by atoms with E-state index in [0.717, 1.165) is 0 Å². The number of rotatable bonds is 15. The second-order valence-electron chi connectivity index (χ2n) is 13.2. The van der Waals surface area contributed by atoms with Crippen molar-refractivity contribution >= 4 is 56.9 Å². The molecule has 3 fully saturated rings. The summed E-state index contributed by atoms with van der Waals surface area (Å²) in [5, 5.41) is 14.1. The Labute approximate surface area is 316 Å². The van der Waals surface area contributed by atoms with Gasteiger partial charge in [-0.05, 0) is 36.1 Å². The van der Waals surface area contributed by atoms with Crippen LogP contribution in [0.25, 0.3) is 0 Å². The lowest BCUT2D eigenvalue weighted by atomic mass is 9.70. The van der Waals surface area contributed by atoms with Crippen LogP contribution in [0.1, 0.15) is 42.5 Å². The summed E-state index contributed by atoms with van der Waals surface area (Å²) < 4.78 is 12.9. The van der Waals surface area contributed by atoms with E-state index in [-0.39, 0.29) is 31.8 Å². The Morgan fingerprint density at radius 2 is 1.69 bits per heavy atom. The van der Waals surface area contributed by atoms with Crippen LogP contribution in [0, 0.1) is 11.8 Å². The molecule has 52 heavy (non-hydrogen) atoms. The largest absolute Gasteiger partial charge is 0.455 e. The van der Waals surface area contributed by atoms with Crippen molar-refractivity contribution in [2.45, 2.75) is 54.0 Å². The van der Waals surface area contributed by atoms with Gasteiger partial charge in [-0.15, -0.1) is 13.2 Å². The zero-order valence-corrected chi connectivity index (χ0v) is 30.8. The molecule has 1 unspecified atom stereocenters. The lowest BCUT2D eigenvalue weighted by Gasteiger charge is -2.39. The second kappa shape index (κ2) is 16.2. The molecule has 3 aromatic carbocycles. The van der Waals surface area contributed by atoms with Crippen LogP contribution in [0.4, 0.5) is 5.69 Å². The van der Waals surface area contributed by atoms with Gasteiger partial charge in [0, 0.05) is 17.8 Å². The van der Waals surface area contributed by atoms with Crippen molar-refractivity contribution in [2.24, 2.45) is 11.8 Å². The molecule has 12 heteroatoms. The molecule has 3 aliphatic rings. The standard InChI is InChI=1S/C40H41BrClN3O7/c1-3-5-20-32(47)43-23-31(26-16-10-7-11-17-26)51-39(50)33-34-37(48)45(30(24-46)25-14-8-6-9-15-25)36(40(34)22-27(41)35(33)52-40)38(49)44(21-4-2)29-19-13-12-18-28(29)42/h3-4,6-19,27,30-31,33-36,46H,1-2,5,20-24H2,(H,43,47)/t27?,30-,31-,33+,34-,35+,36+,40-/m1/s1. The van der Waals surface area contributed by atoms with Crippen LogP contribution >= 0.6 is 27.5 Å². The van der Waals surface area contributed by atoms with Crippen molar-refractivity contribution in [2.75, 3.05) is 24.6 Å². The van der Waals surface area contributed by atoms with Crippen molar-refractivity contribution in [1.82, 2.24) is 10.2 Å². The molecule has 3 aromatic rings. The monoisotopic (exact) mass is 789 g/mol. The van der Waals surface area contributed by atoms with Crippen LogP contribution in [-0.2, 0) is 28.7 Å². The number of allylic oxidation sites excluding steroid dienone is 1. The molecular formula is C40H41BrClN3O7. The molecule has 3 heterocycles. The van der Waals surface area contributed by atoms with Gasteiger partial charge < -0.3 is 29.7 Å².